The molecule has 29 heavy (non-hydrogen) atoms. The summed E-state index contributed by atoms with van der Waals surface area (Å²) in [6.07, 6.45) is 4.05. The molecule has 0 spiro atoms. The quantitative estimate of drug-likeness (QED) is 0.663. The number of benzene rings is 1. The summed E-state index contributed by atoms with van der Waals surface area (Å²) in [4.78, 5) is 28.2. The maximum atomic E-state index is 13.1. The number of hydrogen-bond donors (Lipinski definition) is 1. The summed E-state index contributed by atoms with van der Waals surface area (Å²) < 4.78 is 5.88. The van der Waals surface area contributed by atoms with Crippen LogP contribution in [0.3, 0.4) is 0 Å². The van der Waals surface area contributed by atoms with E-state index in [1.165, 1.54) is 11.3 Å². The Bertz CT molecular complexity index is 867. The Balaban J connectivity index is 1.66. The molecule has 156 valence electrons. The SMILES string of the molecule is CCCOC1CCCN(C(=O)c2sc(NC(=O)c3ccccc3Cl)cc2C)CC1. The van der Waals surface area contributed by atoms with Crippen LogP contribution in [0.2, 0.25) is 5.02 Å². The van der Waals surface area contributed by atoms with Crippen LogP contribution in [-0.4, -0.2) is 42.5 Å². The molecule has 1 N–H and O–H groups in total. The van der Waals surface area contributed by atoms with Crippen LogP contribution >= 0.6 is 22.9 Å². The van der Waals surface area contributed by atoms with E-state index in [2.05, 4.69) is 12.2 Å². The van der Waals surface area contributed by atoms with Crippen molar-refractivity contribution in [3.05, 3.63) is 51.4 Å². The number of nitrogens with one attached hydrogen (secondary N) is 1. The van der Waals surface area contributed by atoms with Gasteiger partial charge in [0.2, 0.25) is 0 Å². The van der Waals surface area contributed by atoms with E-state index in [1.807, 2.05) is 17.9 Å². The molecule has 0 bridgehead atoms. The van der Waals surface area contributed by atoms with Gasteiger partial charge in [-0.25, -0.2) is 0 Å². The van der Waals surface area contributed by atoms with Gasteiger partial charge in [0.1, 0.15) is 0 Å². The Morgan fingerprint density at radius 1 is 1.28 bits per heavy atom. The lowest BCUT2D eigenvalue weighted by molar-refractivity contribution is 0.0432. The third-order valence-corrected chi connectivity index (χ3v) is 6.46. The first-order valence-electron chi connectivity index (χ1n) is 10.1. The Labute approximate surface area is 181 Å². The zero-order valence-electron chi connectivity index (χ0n) is 16.9. The first kappa shape index (κ1) is 21.8. The van der Waals surface area contributed by atoms with Crippen LogP contribution < -0.4 is 5.32 Å². The Hall–Kier alpha value is -1.89. The van der Waals surface area contributed by atoms with Crippen molar-refractivity contribution in [2.45, 2.75) is 45.6 Å². The molecule has 5 nitrogen and oxygen atoms in total. The molecule has 1 atom stereocenters. The summed E-state index contributed by atoms with van der Waals surface area (Å²) in [5.41, 5.74) is 1.29. The van der Waals surface area contributed by atoms with Gasteiger partial charge in [-0.05, 0) is 56.4 Å². The number of carbonyl (C=O) groups excluding carboxylic acids is 2. The third-order valence-electron chi connectivity index (χ3n) is 4.99. The highest BCUT2D eigenvalue weighted by Gasteiger charge is 2.25. The molecular formula is C22H27ClN2O3S. The highest BCUT2D eigenvalue weighted by Crippen LogP contribution is 2.30. The van der Waals surface area contributed by atoms with Crippen molar-refractivity contribution in [3.63, 3.8) is 0 Å². The fourth-order valence-corrected chi connectivity index (χ4v) is 4.70. The number of halogens is 1. The van der Waals surface area contributed by atoms with Crippen molar-refractivity contribution in [2.24, 2.45) is 0 Å². The Morgan fingerprint density at radius 2 is 2.07 bits per heavy atom. The molecule has 2 heterocycles. The predicted molar refractivity (Wildman–Crippen MR) is 118 cm³/mol. The summed E-state index contributed by atoms with van der Waals surface area (Å²) in [5, 5.41) is 3.91. The number of thiophene rings is 1. The molecule has 1 aliphatic heterocycles. The first-order chi connectivity index (χ1) is 14.0. The van der Waals surface area contributed by atoms with Gasteiger partial charge in [-0.3, -0.25) is 9.59 Å². The molecular weight excluding hydrogens is 408 g/mol. The molecule has 1 saturated heterocycles. The molecule has 2 aromatic rings. The van der Waals surface area contributed by atoms with Gasteiger partial charge >= 0.3 is 0 Å². The molecule has 0 radical (unpaired) electrons. The van der Waals surface area contributed by atoms with Crippen LogP contribution in [0.5, 0.6) is 0 Å². The Kier molecular flexibility index (Phi) is 7.70. The normalized spacial score (nSPS) is 17.1. The predicted octanol–water partition coefficient (Wildman–Crippen LogP) is 5.38. The minimum atomic E-state index is -0.276. The molecule has 1 aliphatic rings. The molecule has 2 amide bonds. The summed E-state index contributed by atoms with van der Waals surface area (Å²) >= 11 is 7.42. The van der Waals surface area contributed by atoms with Crippen LogP contribution in [0.4, 0.5) is 5.00 Å². The van der Waals surface area contributed by atoms with E-state index in [-0.39, 0.29) is 17.9 Å². The fourth-order valence-electron chi connectivity index (χ4n) is 3.44. The first-order valence-corrected chi connectivity index (χ1v) is 11.3. The number of amides is 2. The second-order valence-electron chi connectivity index (χ2n) is 7.27. The molecule has 1 aromatic carbocycles. The van der Waals surface area contributed by atoms with Crippen molar-refractivity contribution in [1.82, 2.24) is 4.90 Å². The monoisotopic (exact) mass is 434 g/mol. The average Bonchev–Trinajstić information content (AvgIpc) is 2.91. The third kappa shape index (κ3) is 5.59. The fraction of sp³-hybridized carbons (Fsp3) is 0.455. The molecule has 3 rings (SSSR count). The van der Waals surface area contributed by atoms with Crippen LogP contribution in [-0.2, 0) is 4.74 Å². The van der Waals surface area contributed by atoms with E-state index in [9.17, 15) is 9.59 Å². The highest BCUT2D eigenvalue weighted by molar-refractivity contribution is 7.18. The smallest absolute Gasteiger partial charge is 0.264 e. The number of aryl methyl sites for hydroxylation is 1. The number of nitrogens with zero attached hydrogens (tertiary/aromatic N) is 1. The van der Waals surface area contributed by atoms with Gasteiger partial charge in [0.25, 0.3) is 11.8 Å². The largest absolute Gasteiger partial charge is 0.378 e. The van der Waals surface area contributed by atoms with Crippen molar-refractivity contribution in [2.75, 3.05) is 25.0 Å². The number of likely N-dealkylation sites (tertiary alicyclic amines) is 1. The van der Waals surface area contributed by atoms with Crippen molar-refractivity contribution < 1.29 is 14.3 Å². The van der Waals surface area contributed by atoms with Gasteiger partial charge in [-0.2, -0.15) is 0 Å². The van der Waals surface area contributed by atoms with Gasteiger partial charge in [-0.1, -0.05) is 30.7 Å². The zero-order valence-corrected chi connectivity index (χ0v) is 18.4. The number of carbonyl (C=O) groups is 2. The second kappa shape index (κ2) is 10.2. The van der Waals surface area contributed by atoms with Crippen LogP contribution in [0.15, 0.2) is 30.3 Å². The lowest BCUT2D eigenvalue weighted by Gasteiger charge is -2.20. The van der Waals surface area contributed by atoms with Crippen molar-refractivity contribution in [3.8, 4) is 0 Å². The Morgan fingerprint density at radius 3 is 2.83 bits per heavy atom. The van der Waals surface area contributed by atoms with Crippen LogP contribution in [0.25, 0.3) is 0 Å². The molecule has 7 heteroatoms. The van der Waals surface area contributed by atoms with Crippen LogP contribution in [0, 0.1) is 6.92 Å². The van der Waals surface area contributed by atoms with Crippen molar-refractivity contribution >= 4 is 39.8 Å². The zero-order chi connectivity index (χ0) is 20.8. The number of hydrogen-bond acceptors (Lipinski definition) is 4. The summed E-state index contributed by atoms with van der Waals surface area (Å²) in [7, 11) is 0. The van der Waals surface area contributed by atoms with E-state index >= 15 is 0 Å². The summed E-state index contributed by atoms with van der Waals surface area (Å²) in [6, 6.07) is 8.76. The topological polar surface area (TPSA) is 58.6 Å². The van der Waals surface area contributed by atoms with Gasteiger partial charge in [-0.15, -0.1) is 11.3 Å². The number of anilines is 1. The molecule has 0 saturated carbocycles. The summed E-state index contributed by atoms with van der Waals surface area (Å²) in [5.74, 6) is -0.247. The van der Waals surface area contributed by atoms with Gasteiger partial charge in [0.05, 0.1) is 26.6 Å². The molecule has 0 aliphatic carbocycles. The summed E-state index contributed by atoms with van der Waals surface area (Å²) in [6.45, 7) is 6.22. The lowest BCUT2D eigenvalue weighted by atomic mass is 10.2. The van der Waals surface area contributed by atoms with Gasteiger partial charge in [0.15, 0.2) is 0 Å². The molecule has 1 fully saturated rings. The van der Waals surface area contributed by atoms with Gasteiger partial charge in [0, 0.05) is 19.7 Å². The standard InChI is InChI=1S/C22H27ClN2O3S/c1-3-13-28-16-7-6-11-25(12-10-16)22(27)20-15(2)14-19(29-20)24-21(26)17-8-4-5-9-18(17)23/h4-5,8-9,14,16H,3,6-7,10-13H2,1-2H3,(H,24,26). The van der Waals surface area contributed by atoms with E-state index in [0.717, 1.165) is 44.4 Å². The number of ether oxygens (including phenoxy) is 1. The van der Waals surface area contributed by atoms with Crippen molar-refractivity contribution in [1.29, 1.82) is 0 Å². The maximum absolute atomic E-state index is 13.1. The highest BCUT2D eigenvalue weighted by atomic mass is 35.5. The minimum Gasteiger partial charge on any atom is -0.378 e. The van der Waals surface area contributed by atoms with E-state index in [1.54, 1.807) is 24.3 Å². The van der Waals surface area contributed by atoms with Gasteiger partial charge < -0.3 is 15.0 Å². The molecule has 1 unspecified atom stereocenters. The van der Waals surface area contributed by atoms with E-state index in [0.29, 0.717) is 27.0 Å². The second-order valence-corrected chi connectivity index (χ2v) is 8.73. The van der Waals surface area contributed by atoms with E-state index in [4.69, 9.17) is 16.3 Å². The maximum Gasteiger partial charge on any atom is 0.264 e. The minimum absolute atomic E-state index is 0.0295. The van der Waals surface area contributed by atoms with Crippen LogP contribution in [0.1, 0.15) is 58.2 Å². The average molecular weight is 435 g/mol. The lowest BCUT2D eigenvalue weighted by Crippen LogP contribution is -2.32. The van der Waals surface area contributed by atoms with E-state index < -0.39 is 0 Å². The molecule has 1 aromatic heterocycles. The number of rotatable bonds is 6.